The second kappa shape index (κ2) is 4.40. The number of nitrogens with one attached hydrogen (secondary N) is 2. The molecule has 1 aromatic rings. The van der Waals surface area contributed by atoms with E-state index < -0.39 is 11.9 Å². The lowest BCUT2D eigenvalue weighted by Gasteiger charge is -2.12. The molecule has 1 fully saturated rings. The number of hydrogen-bond donors (Lipinski definition) is 3. The Morgan fingerprint density at radius 1 is 1.53 bits per heavy atom. The zero-order chi connectivity index (χ0) is 12.4. The lowest BCUT2D eigenvalue weighted by atomic mass is 10.2. The van der Waals surface area contributed by atoms with Gasteiger partial charge in [-0.05, 0) is 24.6 Å². The molecule has 1 unspecified atom stereocenters. The fourth-order valence-corrected chi connectivity index (χ4v) is 1.67. The maximum Gasteiger partial charge on any atom is 0.247 e. The zero-order valence-electron chi connectivity index (χ0n) is 9.00. The summed E-state index contributed by atoms with van der Waals surface area (Å²) in [4.78, 5) is 22.7. The topological polar surface area (TPSA) is 84.2 Å². The summed E-state index contributed by atoms with van der Waals surface area (Å²) in [7, 11) is 0. The Morgan fingerprint density at radius 2 is 2.29 bits per heavy atom. The molecule has 1 aliphatic heterocycles. The predicted octanol–water partition coefficient (Wildman–Crippen LogP) is 0.625. The minimum absolute atomic E-state index is 0.155. The molecule has 4 N–H and O–H groups in total. The summed E-state index contributed by atoms with van der Waals surface area (Å²) in [5, 5.41) is 5.02. The van der Waals surface area contributed by atoms with Crippen LogP contribution in [-0.2, 0) is 9.59 Å². The van der Waals surface area contributed by atoms with E-state index in [1.54, 1.807) is 0 Å². The molecule has 2 amide bonds. The molecule has 1 saturated heterocycles. The maximum absolute atomic E-state index is 13.0. The Bertz CT molecular complexity index is 476. The van der Waals surface area contributed by atoms with Crippen molar-refractivity contribution < 1.29 is 14.0 Å². The SMILES string of the molecule is Nc1ccc(F)cc1NC(=O)C1CCC(=O)N1. The van der Waals surface area contributed by atoms with Crippen molar-refractivity contribution in [2.24, 2.45) is 0 Å². The summed E-state index contributed by atoms with van der Waals surface area (Å²) < 4.78 is 13.0. The number of hydrogen-bond acceptors (Lipinski definition) is 3. The van der Waals surface area contributed by atoms with Crippen molar-refractivity contribution in [2.45, 2.75) is 18.9 Å². The number of anilines is 2. The molecule has 0 aromatic heterocycles. The van der Waals surface area contributed by atoms with Crippen LogP contribution in [0.4, 0.5) is 15.8 Å². The zero-order valence-corrected chi connectivity index (χ0v) is 9.00. The quantitative estimate of drug-likeness (QED) is 0.659. The summed E-state index contributed by atoms with van der Waals surface area (Å²) in [6.45, 7) is 0. The van der Waals surface area contributed by atoms with E-state index in [1.807, 2.05) is 0 Å². The monoisotopic (exact) mass is 237 g/mol. The summed E-state index contributed by atoms with van der Waals surface area (Å²) in [5.74, 6) is -1.02. The predicted molar refractivity (Wildman–Crippen MR) is 60.6 cm³/mol. The first kappa shape index (κ1) is 11.4. The first-order chi connectivity index (χ1) is 8.06. The third kappa shape index (κ3) is 2.52. The lowest BCUT2D eigenvalue weighted by Crippen LogP contribution is -2.37. The van der Waals surface area contributed by atoms with E-state index in [2.05, 4.69) is 10.6 Å². The van der Waals surface area contributed by atoms with Gasteiger partial charge in [-0.2, -0.15) is 0 Å². The van der Waals surface area contributed by atoms with E-state index in [4.69, 9.17) is 5.73 Å². The molecule has 90 valence electrons. The van der Waals surface area contributed by atoms with Crippen LogP contribution < -0.4 is 16.4 Å². The molecule has 17 heavy (non-hydrogen) atoms. The number of carbonyl (C=O) groups excluding carboxylic acids is 2. The van der Waals surface area contributed by atoms with Gasteiger partial charge in [0.2, 0.25) is 11.8 Å². The molecule has 1 atom stereocenters. The van der Waals surface area contributed by atoms with Crippen molar-refractivity contribution in [3.63, 3.8) is 0 Å². The van der Waals surface area contributed by atoms with E-state index in [0.717, 1.165) is 6.07 Å². The third-order valence-corrected chi connectivity index (χ3v) is 2.58. The van der Waals surface area contributed by atoms with Gasteiger partial charge < -0.3 is 16.4 Å². The normalized spacial score (nSPS) is 18.9. The number of carbonyl (C=O) groups is 2. The lowest BCUT2D eigenvalue weighted by molar-refractivity contribution is -0.122. The number of amides is 2. The van der Waals surface area contributed by atoms with E-state index in [9.17, 15) is 14.0 Å². The van der Waals surface area contributed by atoms with E-state index >= 15 is 0 Å². The van der Waals surface area contributed by atoms with Gasteiger partial charge in [0.15, 0.2) is 0 Å². The molecule has 6 heteroatoms. The van der Waals surface area contributed by atoms with Crippen LogP contribution in [0.1, 0.15) is 12.8 Å². The fourth-order valence-electron chi connectivity index (χ4n) is 1.67. The highest BCUT2D eigenvalue weighted by Crippen LogP contribution is 2.20. The van der Waals surface area contributed by atoms with Crippen LogP contribution in [0.3, 0.4) is 0 Å². The number of benzene rings is 1. The van der Waals surface area contributed by atoms with Crippen molar-refractivity contribution in [3.8, 4) is 0 Å². The Kier molecular flexibility index (Phi) is 2.95. The van der Waals surface area contributed by atoms with E-state index in [-0.39, 0.29) is 23.2 Å². The minimum Gasteiger partial charge on any atom is -0.397 e. The molecular weight excluding hydrogens is 225 g/mol. The fraction of sp³-hybridized carbons (Fsp3) is 0.273. The Balaban J connectivity index is 2.07. The molecule has 0 spiro atoms. The number of halogens is 1. The van der Waals surface area contributed by atoms with Crippen molar-refractivity contribution in [2.75, 3.05) is 11.1 Å². The number of rotatable bonds is 2. The second-order valence-electron chi connectivity index (χ2n) is 3.88. The van der Waals surface area contributed by atoms with Crippen LogP contribution in [0.5, 0.6) is 0 Å². The van der Waals surface area contributed by atoms with E-state index in [0.29, 0.717) is 12.8 Å². The number of nitrogen functional groups attached to an aromatic ring is 1. The highest BCUT2D eigenvalue weighted by atomic mass is 19.1. The molecule has 5 nitrogen and oxygen atoms in total. The average Bonchev–Trinajstić information content (AvgIpc) is 2.70. The standard InChI is InChI=1S/C11H12FN3O2/c12-6-1-2-7(13)9(5-6)15-11(17)8-3-4-10(16)14-8/h1-2,5,8H,3-4,13H2,(H,14,16)(H,15,17). The van der Waals surface area contributed by atoms with Crippen LogP contribution in [0, 0.1) is 5.82 Å². The van der Waals surface area contributed by atoms with Gasteiger partial charge in [0, 0.05) is 6.42 Å². The van der Waals surface area contributed by atoms with Crippen LogP contribution in [0.15, 0.2) is 18.2 Å². The van der Waals surface area contributed by atoms with Crippen LogP contribution in [0.2, 0.25) is 0 Å². The van der Waals surface area contributed by atoms with Gasteiger partial charge in [-0.3, -0.25) is 9.59 Å². The molecule has 1 aromatic carbocycles. The average molecular weight is 237 g/mol. The van der Waals surface area contributed by atoms with Crippen LogP contribution in [-0.4, -0.2) is 17.9 Å². The molecule has 0 radical (unpaired) electrons. The molecule has 0 aliphatic carbocycles. The highest BCUT2D eigenvalue weighted by Gasteiger charge is 2.27. The molecule has 1 heterocycles. The highest BCUT2D eigenvalue weighted by molar-refractivity contribution is 6.00. The van der Waals surface area contributed by atoms with Gasteiger partial charge in [0.1, 0.15) is 11.9 Å². The molecular formula is C11H12FN3O2. The molecule has 2 rings (SSSR count). The Labute approximate surface area is 97.2 Å². The summed E-state index contributed by atoms with van der Waals surface area (Å²) in [6, 6.07) is 3.16. The first-order valence-electron chi connectivity index (χ1n) is 5.21. The second-order valence-corrected chi connectivity index (χ2v) is 3.88. The Morgan fingerprint density at radius 3 is 2.94 bits per heavy atom. The first-order valence-corrected chi connectivity index (χ1v) is 5.21. The van der Waals surface area contributed by atoms with Crippen molar-refractivity contribution in [1.29, 1.82) is 0 Å². The Hall–Kier alpha value is -2.11. The van der Waals surface area contributed by atoms with Crippen LogP contribution >= 0.6 is 0 Å². The molecule has 1 aliphatic rings. The van der Waals surface area contributed by atoms with Crippen molar-refractivity contribution in [1.82, 2.24) is 5.32 Å². The van der Waals surface area contributed by atoms with Crippen LogP contribution in [0.25, 0.3) is 0 Å². The third-order valence-electron chi connectivity index (χ3n) is 2.58. The van der Waals surface area contributed by atoms with Gasteiger partial charge in [-0.25, -0.2) is 4.39 Å². The largest absolute Gasteiger partial charge is 0.397 e. The summed E-state index contributed by atoms with van der Waals surface area (Å²) in [5.41, 5.74) is 6.10. The molecule has 0 bridgehead atoms. The van der Waals surface area contributed by atoms with Gasteiger partial charge in [-0.1, -0.05) is 0 Å². The molecule has 0 saturated carbocycles. The maximum atomic E-state index is 13.0. The van der Waals surface area contributed by atoms with Gasteiger partial charge in [-0.15, -0.1) is 0 Å². The van der Waals surface area contributed by atoms with Gasteiger partial charge >= 0.3 is 0 Å². The van der Waals surface area contributed by atoms with E-state index in [1.165, 1.54) is 12.1 Å². The van der Waals surface area contributed by atoms with Crippen molar-refractivity contribution >= 4 is 23.2 Å². The smallest absolute Gasteiger partial charge is 0.247 e. The van der Waals surface area contributed by atoms with Gasteiger partial charge in [0.05, 0.1) is 11.4 Å². The summed E-state index contributed by atoms with van der Waals surface area (Å²) >= 11 is 0. The summed E-state index contributed by atoms with van der Waals surface area (Å²) in [6.07, 6.45) is 0.774. The number of nitrogens with two attached hydrogens (primary N) is 1. The minimum atomic E-state index is -0.565. The van der Waals surface area contributed by atoms with Gasteiger partial charge in [0.25, 0.3) is 0 Å². The van der Waals surface area contributed by atoms with Crippen molar-refractivity contribution in [3.05, 3.63) is 24.0 Å².